The average molecular weight is 212 g/mol. The molecule has 0 aliphatic heterocycles. The van der Waals surface area contributed by atoms with Crippen molar-refractivity contribution in [3.8, 4) is 0 Å². The molecule has 2 aromatic rings. The van der Waals surface area contributed by atoms with Crippen molar-refractivity contribution >= 4 is 26.9 Å². The number of hydrogen-bond donors (Lipinski definition) is 0. The van der Waals surface area contributed by atoms with Gasteiger partial charge in [0.25, 0.3) is 0 Å². The van der Waals surface area contributed by atoms with E-state index in [0.717, 1.165) is 21.9 Å². The highest BCUT2D eigenvalue weighted by atomic mass is 79.9. The van der Waals surface area contributed by atoms with Gasteiger partial charge < -0.3 is 4.42 Å². The molecule has 2 heterocycles. The lowest BCUT2D eigenvalue weighted by Gasteiger charge is -1.87. The van der Waals surface area contributed by atoms with E-state index < -0.39 is 0 Å². The maximum atomic E-state index is 5.27. The summed E-state index contributed by atoms with van der Waals surface area (Å²) in [5.74, 6) is 0. The second-order valence-corrected chi connectivity index (χ2v) is 2.83. The van der Waals surface area contributed by atoms with Crippen LogP contribution in [-0.4, -0.2) is 4.98 Å². The van der Waals surface area contributed by atoms with Crippen molar-refractivity contribution < 1.29 is 4.42 Å². The molecular weight excluding hydrogens is 206 g/mol. The van der Waals surface area contributed by atoms with Crippen molar-refractivity contribution in [1.82, 2.24) is 4.98 Å². The van der Waals surface area contributed by atoms with Gasteiger partial charge in [-0.3, -0.25) is 4.98 Å². The van der Waals surface area contributed by atoms with Gasteiger partial charge in [0.2, 0.25) is 0 Å². The first kappa shape index (κ1) is 6.85. The third kappa shape index (κ3) is 1.05. The monoisotopic (exact) mass is 211 g/mol. The van der Waals surface area contributed by atoms with Gasteiger partial charge >= 0.3 is 0 Å². The van der Waals surface area contributed by atoms with E-state index in [-0.39, 0.29) is 0 Å². The third-order valence-electron chi connectivity index (χ3n) is 1.60. The number of hydrogen-bond acceptors (Lipinski definition) is 2. The van der Waals surface area contributed by atoms with Gasteiger partial charge in [-0.2, -0.15) is 0 Å². The number of furan rings is 1. The van der Waals surface area contributed by atoms with Gasteiger partial charge in [-0.25, -0.2) is 0 Å². The Labute approximate surface area is 72.4 Å². The minimum Gasteiger partial charge on any atom is -0.464 e. The molecule has 2 rings (SSSR count). The van der Waals surface area contributed by atoms with Crippen LogP contribution in [0.4, 0.5) is 0 Å². The molecule has 0 bridgehead atoms. The molecule has 0 radical (unpaired) electrons. The molecule has 0 aromatic carbocycles. The fraction of sp³-hybridized carbons (Fsp3) is 0.125. The zero-order valence-corrected chi connectivity index (χ0v) is 7.34. The Morgan fingerprint density at radius 1 is 1.55 bits per heavy atom. The number of alkyl halides is 1. The Morgan fingerprint density at radius 3 is 3.27 bits per heavy atom. The molecule has 0 saturated carbocycles. The molecule has 0 unspecified atom stereocenters. The summed E-state index contributed by atoms with van der Waals surface area (Å²) in [5, 5.41) is 1.90. The number of rotatable bonds is 1. The third-order valence-corrected chi connectivity index (χ3v) is 2.20. The van der Waals surface area contributed by atoms with Crippen LogP contribution in [0.1, 0.15) is 5.56 Å². The van der Waals surface area contributed by atoms with E-state index in [1.165, 1.54) is 0 Å². The van der Waals surface area contributed by atoms with Crippen LogP contribution in [0.25, 0.3) is 11.0 Å². The van der Waals surface area contributed by atoms with Crippen LogP contribution in [0.3, 0.4) is 0 Å². The summed E-state index contributed by atoms with van der Waals surface area (Å²) >= 11 is 3.37. The molecule has 3 heteroatoms. The highest BCUT2D eigenvalue weighted by molar-refractivity contribution is 9.08. The molecule has 0 aliphatic carbocycles. The second kappa shape index (κ2) is 2.66. The Balaban J connectivity index is 2.76. The Kier molecular flexibility index (Phi) is 1.66. The topological polar surface area (TPSA) is 26.0 Å². The van der Waals surface area contributed by atoms with Gasteiger partial charge in [0.1, 0.15) is 5.58 Å². The number of halogens is 1. The molecule has 0 aliphatic rings. The number of aromatic nitrogens is 1. The molecule has 11 heavy (non-hydrogen) atoms. The van der Waals surface area contributed by atoms with Crippen molar-refractivity contribution in [2.24, 2.45) is 0 Å². The molecule has 56 valence electrons. The maximum absolute atomic E-state index is 5.27. The summed E-state index contributed by atoms with van der Waals surface area (Å²) < 4.78 is 5.27. The minimum absolute atomic E-state index is 0.811. The van der Waals surface area contributed by atoms with Crippen LogP contribution < -0.4 is 0 Å². The van der Waals surface area contributed by atoms with Gasteiger partial charge in [0.15, 0.2) is 0 Å². The summed E-state index contributed by atoms with van der Waals surface area (Å²) in [5.41, 5.74) is 2.04. The highest BCUT2D eigenvalue weighted by Gasteiger charge is 2.02. The summed E-state index contributed by atoms with van der Waals surface area (Å²) in [6.07, 6.45) is 5.29. The van der Waals surface area contributed by atoms with E-state index in [1.54, 1.807) is 12.5 Å². The van der Waals surface area contributed by atoms with E-state index in [2.05, 4.69) is 20.9 Å². The summed E-state index contributed by atoms with van der Waals surface area (Å²) in [4.78, 5) is 4.01. The number of pyridine rings is 1. The molecular formula is C8H6BrNO. The molecule has 0 spiro atoms. The van der Waals surface area contributed by atoms with Crippen LogP contribution in [0.2, 0.25) is 0 Å². The SMILES string of the molecule is BrCc1coc2ccncc12. The van der Waals surface area contributed by atoms with E-state index in [9.17, 15) is 0 Å². The van der Waals surface area contributed by atoms with E-state index in [0.29, 0.717) is 0 Å². The summed E-state index contributed by atoms with van der Waals surface area (Å²) in [6.45, 7) is 0. The maximum Gasteiger partial charge on any atom is 0.137 e. The van der Waals surface area contributed by atoms with Gasteiger partial charge in [-0.15, -0.1) is 0 Å². The van der Waals surface area contributed by atoms with Crippen LogP contribution in [-0.2, 0) is 5.33 Å². The Bertz CT molecular complexity index is 369. The predicted octanol–water partition coefficient (Wildman–Crippen LogP) is 2.72. The lowest BCUT2D eigenvalue weighted by molar-refractivity contribution is 0.612. The lowest BCUT2D eigenvalue weighted by Crippen LogP contribution is -1.73. The standard InChI is InChI=1S/C8H6BrNO/c9-3-6-5-11-8-1-2-10-4-7(6)8/h1-2,4-5H,3H2. The fourth-order valence-corrected chi connectivity index (χ4v) is 1.46. The quantitative estimate of drug-likeness (QED) is 0.679. The average Bonchev–Trinajstić information content (AvgIpc) is 2.47. The smallest absolute Gasteiger partial charge is 0.137 e. The Morgan fingerprint density at radius 2 is 2.45 bits per heavy atom. The predicted molar refractivity (Wildman–Crippen MR) is 46.6 cm³/mol. The van der Waals surface area contributed by atoms with Crippen molar-refractivity contribution in [3.05, 3.63) is 30.3 Å². The molecule has 2 aromatic heterocycles. The van der Waals surface area contributed by atoms with Gasteiger partial charge in [0, 0.05) is 28.7 Å². The fourth-order valence-electron chi connectivity index (χ4n) is 1.03. The van der Waals surface area contributed by atoms with E-state index >= 15 is 0 Å². The van der Waals surface area contributed by atoms with E-state index in [1.807, 2.05) is 12.3 Å². The van der Waals surface area contributed by atoms with Gasteiger partial charge in [-0.1, -0.05) is 15.9 Å². The highest BCUT2D eigenvalue weighted by Crippen LogP contribution is 2.21. The molecule has 0 saturated heterocycles. The minimum atomic E-state index is 0.811. The first-order chi connectivity index (χ1) is 5.42. The van der Waals surface area contributed by atoms with Crippen LogP contribution in [0.5, 0.6) is 0 Å². The molecule has 0 N–H and O–H groups in total. The molecule has 2 nitrogen and oxygen atoms in total. The van der Waals surface area contributed by atoms with Crippen molar-refractivity contribution in [2.45, 2.75) is 5.33 Å². The first-order valence-electron chi connectivity index (χ1n) is 3.28. The zero-order chi connectivity index (χ0) is 7.68. The van der Waals surface area contributed by atoms with Crippen LogP contribution >= 0.6 is 15.9 Å². The van der Waals surface area contributed by atoms with Crippen LogP contribution in [0, 0.1) is 0 Å². The summed E-state index contributed by atoms with van der Waals surface area (Å²) in [6, 6.07) is 1.86. The molecule has 0 amide bonds. The molecule has 0 fully saturated rings. The number of nitrogens with zero attached hydrogens (tertiary/aromatic N) is 1. The van der Waals surface area contributed by atoms with Crippen molar-refractivity contribution in [2.75, 3.05) is 0 Å². The largest absolute Gasteiger partial charge is 0.464 e. The molecule has 0 atom stereocenters. The lowest BCUT2D eigenvalue weighted by atomic mass is 10.2. The van der Waals surface area contributed by atoms with E-state index in [4.69, 9.17) is 4.42 Å². The number of fused-ring (bicyclic) bond motifs is 1. The summed E-state index contributed by atoms with van der Waals surface area (Å²) in [7, 11) is 0. The normalized spacial score (nSPS) is 10.6. The zero-order valence-electron chi connectivity index (χ0n) is 5.75. The van der Waals surface area contributed by atoms with Gasteiger partial charge in [0.05, 0.1) is 6.26 Å². The van der Waals surface area contributed by atoms with Crippen molar-refractivity contribution in [1.29, 1.82) is 0 Å². The first-order valence-corrected chi connectivity index (χ1v) is 4.40. The Hall–Kier alpha value is -0.830. The van der Waals surface area contributed by atoms with Crippen molar-refractivity contribution in [3.63, 3.8) is 0 Å². The van der Waals surface area contributed by atoms with Crippen LogP contribution in [0.15, 0.2) is 29.1 Å². The second-order valence-electron chi connectivity index (χ2n) is 2.27. The van der Waals surface area contributed by atoms with Gasteiger partial charge in [-0.05, 0) is 6.07 Å².